The van der Waals surface area contributed by atoms with Crippen LogP contribution in [0, 0.1) is 0 Å². The van der Waals surface area contributed by atoms with E-state index in [9.17, 15) is 9.59 Å². The number of thioether (sulfide) groups is 1. The zero-order valence-electron chi connectivity index (χ0n) is 16.3. The number of carbonyl (C=O) groups excluding carboxylic acids is 1. The predicted octanol–water partition coefficient (Wildman–Crippen LogP) is 1.42. The van der Waals surface area contributed by atoms with Crippen molar-refractivity contribution >= 4 is 40.3 Å². The molecule has 0 radical (unpaired) electrons. The van der Waals surface area contributed by atoms with Crippen molar-refractivity contribution < 1.29 is 9.53 Å². The van der Waals surface area contributed by atoms with E-state index in [1.807, 2.05) is 18.4 Å². The van der Waals surface area contributed by atoms with Crippen LogP contribution in [0.4, 0.5) is 11.6 Å². The maximum atomic E-state index is 12.7. The third-order valence-electron chi connectivity index (χ3n) is 4.74. The number of hydrogen-bond donors (Lipinski definition) is 3. The van der Waals surface area contributed by atoms with Crippen LogP contribution >= 0.6 is 11.8 Å². The van der Waals surface area contributed by atoms with E-state index in [2.05, 4.69) is 30.4 Å². The Labute approximate surface area is 171 Å². The van der Waals surface area contributed by atoms with Gasteiger partial charge in [0, 0.05) is 25.3 Å². The summed E-state index contributed by atoms with van der Waals surface area (Å²) in [7, 11) is 0. The highest BCUT2D eigenvalue weighted by atomic mass is 32.2. The van der Waals surface area contributed by atoms with Crippen molar-refractivity contribution in [3.8, 4) is 0 Å². The molecule has 1 aliphatic rings. The van der Waals surface area contributed by atoms with Crippen LogP contribution in [0.2, 0.25) is 0 Å². The number of rotatable bonds is 6. The molecule has 29 heavy (non-hydrogen) atoms. The number of aromatic nitrogens is 5. The van der Waals surface area contributed by atoms with Gasteiger partial charge in [-0.15, -0.1) is 10.2 Å². The molecule has 1 fully saturated rings. The quantitative estimate of drug-likeness (QED) is 0.519. The average molecular weight is 417 g/mol. The molecule has 4 rings (SSSR count). The van der Waals surface area contributed by atoms with Crippen LogP contribution in [-0.2, 0) is 16.1 Å². The number of nitrogens with one attached hydrogen (secondary N) is 3. The van der Waals surface area contributed by atoms with Gasteiger partial charge in [0.2, 0.25) is 11.9 Å². The van der Waals surface area contributed by atoms with E-state index in [1.165, 1.54) is 11.8 Å². The van der Waals surface area contributed by atoms with Crippen LogP contribution in [0.5, 0.6) is 0 Å². The number of hydrogen-bond acceptors (Lipinski definition) is 7. The minimum atomic E-state index is -0.372. The van der Waals surface area contributed by atoms with Gasteiger partial charge in [-0.3, -0.25) is 9.36 Å². The Morgan fingerprint density at radius 2 is 2.03 bits per heavy atom. The van der Waals surface area contributed by atoms with Crippen molar-refractivity contribution in [3.63, 3.8) is 0 Å². The fourth-order valence-corrected chi connectivity index (χ4v) is 4.12. The minimum Gasteiger partial charge on any atom is -0.378 e. The summed E-state index contributed by atoms with van der Waals surface area (Å²) in [6.07, 6.45) is 0. The highest BCUT2D eigenvalue weighted by molar-refractivity contribution is 8.00. The summed E-state index contributed by atoms with van der Waals surface area (Å²) in [5, 5.41) is 11.9. The molecular weight excluding hydrogens is 394 g/mol. The second-order valence-corrected chi connectivity index (χ2v) is 8.02. The number of anilines is 2. The normalized spacial score (nSPS) is 15.6. The molecule has 1 saturated heterocycles. The summed E-state index contributed by atoms with van der Waals surface area (Å²) in [4.78, 5) is 31.6. The smallest absolute Gasteiger partial charge is 0.323 e. The molecule has 0 bridgehead atoms. The summed E-state index contributed by atoms with van der Waals surface area (Å²) in [6, 6.07) is 5.24. The van der Waals surface area contributed by atoms with Crippen LogP contribution in [-0.4, -0.2) is 62.2 Å². The largest absolute Gasteiger partial charge is 0.378 e. The van der Waals surface area contributed by atoms with E-state index in [4.69, 9.17) is 4.74 Å². The SMILES string of the molecule is CCn1c(SC(C)C(=O)Nc2ccc3[nH]c(=O)[nH]c3c2)nnc1N1CCOCC1. The molecular formula is C18H23N7O3S. The van der Waals surface area contributed by atoms with Gasteiger partial charge in [-0.25, -0.2) is 4.79 Å². The topological polar surface area (TPSA) is 121 Å². The van der Waals surface area contributed by atoms with E-state index >= 15 is 0 Å². The number of H-pyrrole nitrogens is 2. The third-order valence-corrected chi connectivity index (χ3v) is 5.82. The predicted molar refractivity (Wildman–Crippen MR) is 112 cm³/mol. The van der Waals surface area contributed by atoms with Gasteiger partial charge in [-0.1, -0.05) is 11.8 Å². The van der Waals surface area contributed by atoms with Crippen LogP contribution in [0.1, 0.15) is 13.8 Å². The van der Waals surface area contributed by atoms with Gasteiger partial charge in [0.15, 0.2) is 5.16 Å². The Kier molecular flexibility index (Phi) is 5.58. The first-order chi connectivity index (χ1) is 14.0. The fraction of sp³-hybridized carbons (Fsp3) is 0.444. The van der Waals surface area contributed by atoms with Crippen LogP contribution in [0.3, 0.4) is 0 Å². The number of nitrogens with zero attached hydrogens (tertiary/aromatic N) is 4. The number of morpholine rings is 1. The monoisotopic (exact) mass is 417 g/mol. The molecule has 3 aromatic rings. The van der Waals surface area contributed by atoms with E-state index in [1.54, 1.807) is 18.2 Å². The van der Waals surface area contributed by atoms with Crippen LogP contribution < -0.4 is 15.9 Å². The highest BCUT2D eigenvalue weighted by Crippen LogP contribution is 2.27. The maximum absolute atomic E-state index is 12.7. The second-order valence-electron chi connectivity index (χ2n) is 6.72. The van der Waals surface area contributed by atoms with Crippen LogP contribution in [0.15, 0.2) is 28.2 Å². The molecule has 154 valence electrons. The molecule has 3 N–H and O–H groups in total. The summed E-state index contributed by atoms with van der Waals surface area (Å²) in [5.74, 6) is 0.665. The molecule has 3 heterocycles. The lowest BCUT2D eigenvalue weighted by atomic mass is 10.2. The summed E-state index contributed by atoms with van der Waals surface area (Å²) >= 11 is 1.37. The number of imidazole rings is 1. The van der Waals surface area contributed by atoms with Crippen molar-refractivity contribution in [1.82, 2.24) is 24.7 Å². The maximum Gasteiger partial charge on any atom is 0.323 e. The molecule has 1 amide bonds. The average Bonchev–Trinajstić information content (AvgIpc) is 3.30. The lowest BCUT2D eigenvalue weighted by Gasteiger charge is -2.27. The van der Waals surface area contributed by atoms with Crippen molar-refractivity contribution in [2.75, 3.05) is 36.5 Å². The van der Waals surface area contributed by atoms with Crippen molar-refractivity contribution in [2.24, 2.45) is 0 Å². The Balaban J connectivity index is 1.45. The molecule has 1 aliphatic heterocycles. The molecule has 0 saturated carbocycles. The van der Waals surface area contributed by atoms with Crippen molar-refractivity contribution in [3.05, 3.63) is 28.7 Å². The Bertz CT molecular complexity index is 1070. The Morgan fingerprint density at radius 3 is 2.79 bits per heavy atom. The number of benzene rings is 1. The molecule has 1 aromatic carbocycles. The molecule has 1 atom stereocenters. The van der Waals surface area contributed by atoms with E-state index in [-0.39, 0.29) is 16.8 Å². The van der Waals surface area contributed by atoms with Gasteiger partial charge in [-0.2, -0.15) is 0 Å². The lowest BCUT2D eigenvalue weighted by Crippen LogP contribution is -2.38. The molecule has 2 aromatic heterocycles. The molecule has 0 aliphatic carbocycles. The Morgan fingerprint density at radius 1 is 1.28 bits per heavy atom. The molecule has 10 nitrogen and oxygen atoms in total. The van der Waals surface area contributed by atoms with Crippen molar-refractivity contribution in [1.29, 1.82) is 0 Å². The summed E-state index contributed by atoms with van der Waals surface area (Å²) in [6.45, 7) is 7.50. The number of aromatic amines is 2. The number of amides is 1. The standard InChI is InChI=1S/C18H23N7O3S/c1-3-25-17(24-6-8-28-9-7-24)22-23-18(25)29-11(2)15(26)19-12-4-5-13-14(10-12)21-16(27)20-13/h4-5,10-11H,3,6-9H2,1-2H3,(H,19,26)(H2,20,21,27). The van der Waals surface area contributed by atoms with Gasteiger partial charge < -0.3 is 24.9 Å². The fourth-order valence-electron chi connectivity index (χ4n) is 3.21. The lowest BCUT2D eigenvalue weighted by molar-refractivity contribution is -0.115. The van der Waals surface area contributed by atoms with Gasteiger partial charge in [0.05, 0.1) is 29.5 Å². The molecule has 0 spiro atoms. The number of fused-ring (bicyclic) bond motifs is 1. The number of ether oxygens (including phenoxy) is 1. The van der Waals surface area contributed by atoms with E-state index < -0.39 is 0 Å². The molecule has 1 unspecified atom stereocenters. The molecule has 11 heteroatoms. The first kappa shape index (κ1) is 19.5. The zero-order valence-corrected chi connectivity index (χ0v) is 17.1. The summed E-state index contributed by atoms with van der Waals surface area (Å²) in [5.41, 5.74) is 1.69. The van der Waals surface area contributed by atoms with Crippen molar-refractivity contribution in [2.45, 2.75) is 30.8 Å². The van der Waals surface area contributed by atoms with Crippen LogP contribution in [0.25, 0.3) is 11.0 Å². The minimum absolute atomic E-state index is 0.147. The Hall–Kier alpha value is -2.79. The second kappa shape index (κ2) is 8.29. The van der Waals surface area contributed by atoms with Gasteiger partial charge in [-0.05, 0) is 32.0 Å². The first-order valence-electron chi connectivity index (χ1n) is 9.50. The first-order valence-corrected chi connectivity index (χ1v) is 10.4. The van der Waals surface area contributed by atoms with Gasteiger partial charge >= 0.3 is 5.69 Å². The highest BCUT2D eigenvalue weighted by Gasteiger charge is 2.23. The van der Waals surface area contributed by atoms with E-state index in [0.29, 0.717) is 41.6 Å². The summed E-state index contributed by atoms with van der Waals surface area (Å²) < 4.78 is 7.43. The van der Waals surface area contributed by atoms with Gasteiger partial charge in [0.25, 0.3) is 0 Å². The van der Waals surface area contributed by atoms with E-state index in [0.717, 1.165) is 19.0 Å². The van der Waals surface area contributed by atoms with Gasteiger partial charge in [0.1, 0.15) is 0 Å². The third kappa shape index (κ3) is 4.15. The zero-order chi connectivity index (χ0) is 20.4. The number of carbonyl (C=O) groups is 1.